The minimum Gasteiger partial charge on any atom is -0.466 e. The van der Waals surface area contributed by atoms with E-state index in [1.165, 1.54) is 24.8 Å². The van der Waals surface area contributed by atoms with Crippen LogP contribution >= 0.6 is 11.6 Å². The lowest BCUT2D eigenvalue weighted by Gasteiger charge is -2.47. The van der Waals surface area contributed by atoms with E-state index in [-0.39, 0.29) is 53.1 Å². The van der Waals surface area contributed by atoms with Gasteiger partial charge in [-0.2, -0.15) is 0 Å². The number of aromatic nitrogens is 5. The highest BCUT2D eigenvalue weighted by molar-refractivity contribution is 7.89. The summed E-state index contributed by atoms with van der Waals surface area (Å²) in [7, 11) is -3.89. The predicted octanol–water partition coefficient (Wildman–Crippen LogP) is 6.16. The first-order valence-electron chi connectivity index (χ1n) is 14.4. The number of benzene rings is 1. The maximum absolute atomic E-state index is 15.4. The Morgan fingerprint density at radius 1 is 1.02 bits per heavy atom. The van der Waals surface area contributed by atoms with Crippen LogP contribution in [0.5, 0.6) is 0 Å². The van der Waals surface area contributed by atoms with Gasteiger partial charge in [-0.1, -0.05) is 41.9 Å². The van der Waals surface area contributed by atoms with Crippen LogP contribution in [0.15, 0.2) is 61.2 Å². The topological polar surface area (TPSA) is 109 Å². The number of esters is 1. The molecule has 3 fully saturated rings. The summed E-state index contributed by atoms with van der Waals surface area (Å²) in [5, 5.41) is 0.991. The second-order valence-corrected chi connectivity index (χ2v) is 13.6. The molecule has 0 unspecified atom stereocenters. The number of ether oxygens (including phenoxy) is 1. The van der Waals surface area contributed by atoms with Crippen molar-refractivity contribution in [2.75, 3.05) is 6.61 Å². The molecule has 0 radical (unpaired) electrons. The van der Waals surface area contributed by atoms with Crippen molar-refractivity contribution in [3.8, 4) is 11.4 Å². The first-order valence-corrected chi connectivity index (χ1v) is 16.4. The number of halogens is 2. The van der Waals surface area contributed by atoms with Crippen LogP contribution in [0.4, 0.5) is 4.39 Å². The van der Waals surface area contributed by atoms with Crippen LogP contribution in [0.1, 0.15) is 44.2 Å². The zero-order chi connectivity index (χ0) is 29.9. The molecule has 43 heavy (non-hydrogen) atoms. The summed E-state index contributed by atoms with van der Waals surface area (Å²) < 4.78 is 50.9. The molecule has 4 heterocycles. The maximum Gasteiger partial charge on any atom is 0.311 e. The van der Waals surface area contributed by atoms with Gasteiger partial charge in [-0.3, -0.25) is 4.79 Å². The SMILES string of the molecule is CCOC(=O)[C@H]1C2CCC(CC2)[C@@H]1n1cc(F)c2cnc(-c3cn(S(=O)(=O)Cc4ccccc4)c4ncc(Cl)cc34)nc21. The van der Waals surface area contributed by atoms with Crippen LogP contribution in [-0.2, 0) is 25.3 Å². The molecular formula is C31H29ClFN5O4S. The Labute approximate surface area is 252 Å². The molecule has 2 atom stereocenters. The third-order valence-electron chi connectivity index (χ3n) is 8.89. The number of rotatable bonds is 7. The van der Waals surface area contributed by atoms with Crippen molar-refractivity contribution >= 4 is 49.7 Å². The number of fused-ring (bicyclic) bond motifs is 5. The molecule has 12 heteroatoms. The highest BCUT2D eigenvalue weighted by Crippen LogP contribution is 2.52. The van der Waals surface area contributed by atoms with Gasteiger partial charge >= 0.3 is 5.97 Å². The van der Waals surface area contributed by atoms with Crippen molar-refractivity contribution in [1.82, 2.24) is 23.5 Å². The highest BCUT2D eigenvalue weighted by atomic mass is 35.5. The summed E-state index contributed by atoms with van der Waals surface area (Å²) in [5.41, 5.74) is 1.55. The fourth-order valence-electron chi connectivity index (χ4n) is 7.03. The molecule has 222 valence electrons. The van der Waals surface area contributed by atoms with Crippen molar-refractivity contribution in [1.29, 1.82) is 0 Å². The van der Waals surface area contributed by atoms with Gasteiger partial charge in [0.15, 0.2) is 17.3 Å². The average molecular weight is 622 g/mol. The second kappa shape index (κ2) is 10.7. The summed E-state index contributed by atoms with van der Waals surface area (Å²) in [5.74, 6) is -0.835. The lowest BCUT2D eigenvalue weighted by molar-refractivity contribution is -0.157. The quantitative estimate of drug-likeness (QED) is 0.200. The molecule has 1 aromatic carbocycles. The van der Waals surface area contributed by atoms with E-state index < -0.39 is 21.8 Å². The van der Waals surface area contributed by atoms with E-state index >= 15 is 4.39 Å². The first-order chi connectivity index (χ1) is 20.7. The summed E-state index contributed by atoms with van der Waals surface area (Å²) in [6, 6.07) is 10.2. The van der Waals surface area contributed by atoms with Crippen LogP contribution in [0, 0.1) is 23.6 Å². The van der Waals surface area contributed by atoms with Crippen molar-refractivity contribution in [3.05, 3.63) is 77.6 Å². The number of hydrogen-bond donors (Lipinski definition) is 0. The molecule has 9 nitrogen and oxygen atoms in total. The zero-order valence-electron chi connectivity index (χ0n) is 23.4. The molecule has 4 aromatic heterocycles. The summed E-state index contributed by atoms with van der Waals surface area (Å²) in [6.45, 7) is 2.07. The van der Waals surface area contributed by atoms with Gasteiger partial charge < -0.3 is 9.30 Å². The van der Waals surface area contributed by atoms with E-state index in [2.05, 4.69) is 9.97 Å². The number of hydrogen-bond acceptors (Lipinski definition) is 7. The fraction of sp³-hybridized carbons (Fsp3) is 0.355. The number of pyridine rings is 1. The van der Waals surface area contributed by atoms with Gasteiger partial charge in [0, 0.05) is 35.7 Å². The van der Waals surface area contributed by atoms with E-state index in [9.17, 15) is 13.2 Å². The van der Waals surface area contributed by atoms with Crippen molar-refractivity contribution in [2.24, 2.45) is 17.8 Å². The van der Waals surface area contributed by atoms with E-state index in [0.29, 0.717) is 27.2 Å². The summed E-state index contributed by atoms with van der Waals surface area (Å²) in [4.78, 5) is 26.8. The second-order valence-electron chi connectivity index (χ2n) is 11.4. The fourth-order valence-corrected chi connectivity index (χ4v) is 8.62. The van der Waals surface area contributed by atoms with Gasteiger partial charge in [0.05, 0.1) is 34.7 Å². The van der Waals surface area contributed by atoms with Crippen LogP contribution in [-0.4, -0.2) is 44.5 Å². The van der Waals surface area contributed by atoms with Crippen molar-refractivity contribution in [2.45, 2.75) is 44.4 Å². The highest BCUT2D eigenvalue weighted by Gasteiger charge is 2.49. The minimum absolute atomic E-state index is 0.164. The van der Waals surface area contributed by atoms with Crippen LogP contribution in [0.25, 0.3) is 33.5 Å². The lowest BCUT2D eigenvalue weighted by atomic mass is 9.61. The Balaban J connectivity index is 1.37. The smallest absolute Gasteiger partial charge is 0.311 e. The molecule has 0 N–H and O–H groups in total. The van der Waals surface area contributed by atoms with Crippen LogP contribution in [0.2, 0.25) is 5.02 Å². The number of carbonyl (C=O) groups excluding carboxylic acids is 1. The Morgan fingerprint density at radius 2 is 1.77 bits per heavy atom. The Bertz CT molecular complexity index is 1970. The molecule has 0 spiro atoms. The lowest BCUT2D eigenvalue weighted by Crippen LogP contribution is -2.45. The Hall–Kier alpha value is -3.83. The number of nitrogens with zero attached hydrogens (tertiary/aromatic N) is 5. The third-order valence-corrected chi connectivity index (χ3v) is 10.7. The van der Waals surface area contributed by atoms with Gasteiger partial charge in [-0.05, 0) is 56.1 Å². The standard InChI is InChI=1S/C31H29ClFN5O4S/c1-2-42-31(39)26-19-8-10-20(11-9-19)27(26)37-16-25(33)23-14-34-28(36-30(23)37)24-15-38(29-22(24)12-21(32)13-35-29)43(40,41)17-18-6-4-3-5-7-18/h3-7,12-16,19-20,26-27H,2,8-11,17H2,1H3/t19?,20?,26-,27-/m0/s1. The largest absolute Gasteiger partial charge is 0.466 e. The molecule has 0 amide bonds. The minimum atomic E-state index is -3.89. The van der Waals surface area contributed by atoms with Crippen molar-refractivity contribution in [3.63, 3.8) is 0 Å². The molecule has 5 aromatic rings. The van der Waals surface area contributed by atoms with Crippen molar-refractivity contribution < 1.29 is 22.3 Å². The normalized spacial score (nSPS) is 21.9. The molecule has 3 saturated carbocycles. The Kier molecular flexibility index (Phi) is 6.97. The Morgan fingerprint density at radius 3 is 2.51 bits per heavy atom. The maximum atomic E-state index is 15.4. The summed E-state index contributed by atoms with van der Waals surface area (Å²) in [6.07, 6.45) is 9.43. The molecule has 2 bridgehead atoms. The summed E-state index contributed by atoms with van der Waals surface area (Å²) >= 11 is 6.30. The van der Waals surface area contributed by atoms with Gasteiger partial charge in [-0.25, -0.2) is 31.7 Å². The average Bonchev–Trinajstić information content (AvgIpc) is 3.55. The molecule has 0 saturated heterocycles. The first kappa shape index (κ1) is 28.0. The van der Waals surface area contributed by atoms with E-state index in [1.54, 1.807) is 41.8 Å². The third kappa shape index (κ3) is 4.78. The molecule has 8 rings (SSSR count). The van der Waals surface area contributed by atoms with Gasteiger partial charge in [-0.15, -0.1) is 0 Å². The van der Waals surface area contributed by atoms with E-state index in [1.807, 2.05) is 6.07 Å². The van der Waals surface area contributed by atoms with Gasteiger partial charge in [0.2, 0.25) is 10.0 Å². The van der Waals surface area contributed by atoms with E-state index in [0.717, 1.165) is 29.7 Å². The van der Waals surface area contributed by atoms with Gasteiger partial charge in [0.25, 0.3) is 0 Å². The molecule has 0 aliphatic heterocycles. The zero-order valence-corrected chi connectivity index (χ0v) is 24.9. The predicted molar refractivity (Wildman–Crippen MR) is 160 cm³/mol. The number of carbonyl (C=O) groups is 1. The van der Waals surface area contributed by atoms with Crippen LogP contribution in [0.3, 0.4) is 0 Å². The molecular weight excluding hydrogens is 593 g/mol. The molecule has 3 aliphatic carbocycles. The monoisotopic (exact) mass is 621 g/mol. The van der Waals surface area contributed by atoms with Crippen LogP contribution < -0.4 is 0 Å². The van der Waals surface area contributed by atoms with E-state index in [4.69, 9.17) is 21.3 Å². The van der Waals surface area contributed by atoms with Gasteiger partial charge in [0.1, 0.15) is 5.65 Å². The molecule has 3 aliphatic rings.